The maximum absolute atomic E-state index is 9.54. The lowest BCUT2D eigenvalue weighted by Gasteiger charge is -2.29. The van der Waals surface area contributed by atoms with Gasteiger partial charge in [-0.15, -0.1) is 0 Å². The molecule has 3 heterocycles. The third kappa shape index (κ3) is 4.10. The predicted octanol–water partition coefficient (Wildman–Crippen LogP) is 4.34. The monoisotopic (exact) mass is 432 g/mol. The minimum atomic E-state index is -0.0310. The van der Waals surface area contributed by atoms with E-state index >= 15 is 0 Å². The number of nitrogens with zero attached hydrogens (tertiary/aromatic N) is 4. The molecule has 1 aliphatic rings. The highest BCUT2D eigenvalue weighted by atomic mass is 35.5. The molecule has 0 atom stereocenters. The molecule has 0 amide bonds. The minimum absolute atomic E-state index is 0.0310. The quantitative estimate of drug-likeness (QED) is 0.517. The van der Waals surface area contributed by atoms with E-state index in [-0.39, 0.29) is 6.61 Å². The summed E-state index contributed by atoms with van der Waals surface area (Å²) in [4.78, 5) is 16.8. The van der Waals surface area contributed by atoms with Gasteiger partial charge in [0.05, 0.1) is 30.9 Å². The van der Waals surface area contributed by atoms with E-state index in [9.17, 15) is 5.11 Å². The first-order valence-corrected chi connectivity index (χ1v) is 10.6. The first-order valence-electron chi connectivity index (χ1n) is 10.2. The van der Waals surface area contributed by atoms with Crippen molar-refractivity contribution in [3.8, 4) is 22.6 Å². The van der Waals surface area contributed by atoms with Gasteiger partial charge in [-0.3, -0.25) is 0 Å². The number of halogens is 1. The molecule has 1 saturated heterocycles. The summed E-state index contributed by atoms with van der Waals surface area (Å²) in [6.45, 7) is 2.83. The molecule has 7 heteroatoms. The smallest absolute Gasteiger partial charge is 0.165 e. The molecule has 0 aliphatic carbocycles. The molecule has 6 nitrogen and oxygen atoms in total. The van der Waals surface area contributed by atoms with Crippen LogP contribution in [0.15, 0.2) is 60.7 Å². The normalized spacial score (nSPS) is 14.2. The molecule has 1 N–H and O–H groups in total. The molecule has 0 spiro atoms. The number of anilines is 1. The van der Waals surface area contributed by atoms with Gasteiger partial charge in [0.25, 0.3) is 0 Å². The van der Waals surface area contributed by atoms with Crippen molar-refractivity contribution < 1.29 is 9.84 Å². The van der Waals surface area contributed by atoms with Crippen LogP contribution >= 0.6 is 11.6 Å². The average molecular weight is 433 g/mol. The Morgan fingerprint density at radius 3 is 2.48 bits per heavy atom. The van der Waals surface area contributed by atoms with Gasteiger partial charge in [0.1, 0.15) is 5.82 Å². The second-order valence-electron chi connectivity index (χ2n) is 7.40. The number of rotatable bonds is 4. The van der Waals surface area contributed by atoms with Crippen LogP contribution in [0, 0.1) is 0 Å². The van der Waals surface area contributed by atoms with E-state index in [2.05, 4.69) is 4.90 Å². The fourth-order valence-electron chi connectivity index (χ4n) is 3.73. The Kier molecular flexibility index (Phi) is 5.51. The fraction of sp³-hybridized carbons (Fsp3) is 0.208. The first-order chi connectivity index (χ1) is 15.2. The first kappa shape index (κ1) is 19.9. The summed E-state index contributed by atoms with van der Waals surface area (Å²) in [6.07, 6.45) is 0. The van der Waals surface area contributed by atoms with Crippen LogP contribution in [0.2, 0.25) is 5.02 Å². The summed E-state index contributed by atoms with van der Waals surface area (Å²) in [6, 6.07) is 19.3. The van der Waals surface area contributed by atoms with Crippen LogP contribution in [0.25, 0.3) is 33.7 Å². The molecule has 2 aromatic heterocycles. The second-order valence-corrected chi connectivity index (χ2v) is 7.84. The van der Waals surface area contributed by atoms with E-state index in [1.165, 1.54) is 0 Å². The molecule has 1 aliphatic heterocycles. The van der Waals surface area contributed by atoms with Gasteiger partial charge in [0, 0.05) is 29.2 Å². The molecule has 2 aromatic carbocycles. The summed E-state index contributed by atoms with van der Waals surface area (Å²) < 4.78 is 5.53. The maximum Gasteiger partial charge on any atom is 0.165 e. The molecule has 1 fully saturated rings. The number of ether oxygens (including phenoxy) is 1. The van der Waals surface area contributed by atoms with Gasteiger partial charge in [-0.05, 0) is 35.9 Å². The number of fused-ring (bicyclic) bond motifs is 1. The lowest BCUT2D eigenvalue weighted by atomic mass is 10.1. The minimum Gasteiger partial charge on any atom is -0.392 e. The highest BCUT2D eigenvalue weighted by molar-refractivity contribution is 6.30. The van der Waals surface area contributed by atoms with E-state index in [0.717, 1.165) is 46.7 Å². The highest BCUT2D eigenvalue weighted by Crippen LogP contribution is 2.30. The van der Waals surface area contributed by atoms with Gasteiger partial charge in [-0.1, -0.05) is 41.9 Å². The molecule has 0 radical (unpaired) electrons. The van der Waals surface area contributed by atoms with Crippen molar-refractivity contribution in [1.82, 2.24) is 15.0 Å². The van der Waals surface area contributed by atoms with Crippen LogP contribution in [-0.4, -0.2) is 46.4 Å². The lowest BCUT2D eigenvalue weighted by Crippen LogP contribution is -2.37. The van der Waals surface area contributed by atoms with Gasteiger partial charge >= 0.3 is 0 Å². The second kappa shape index (κ2) is 8.59. The average Bonchev–Trinajstić information content (AvgIpc) is 2.84. The largest absolute Gasteiger partial charge is 0.392 e. The van der Waals surface area contributed by atoms with Gasteiger partial charge in [0.15, 0.2) is 11.5 Å². The van der Waals surface area contributed by atoms with Crippen LogP contribution in [0.3, 0.4) is 0 Å². The van der Waals surface area contributed by atoms with Gasteiger partial charge in [-0.25, -0.2) is 15.0 Å². The number of hydrogen-bond acceptors (Lipinski definition) is 6. The van der Waals surface area contributed by atoms with E-state index in [4.69, 9.17) is 31.3 Å². The summed E-state index contributed by atoms with van der Waals surface area (Å²) in [7, 11) is 0. The van der Waals surface area contributed by atoms with E-state index < -0.39 is 0 Å². The number of hydrogen-bond donors (Lipinski definition) is 1. The van der Waals surface area contributed by atoms with Crippen molar-refractivity contribution in [2.75, 3.05) is 31.2 Å². The number of aromatic nitrogens is 3. The van der Waals surface area contributed by atoms with E-state index in [1.807, 2.05) is 60.7 Å². The SMILES string of the molecule is OCc1cccc(-c2nc(N3CCOCC3)c3ccc(-c4ccc(Cl)cc4)nc3n2)c1. The Labute approximate surface area is 185 Å². The van der Waals surface area contributed by atoms with Crippen molar-refractivity contribution >= 4 is 28.5 Å². The Bertz CT molecular complexity index is 1220. The summed E-state index contributed by atoms with van der Waals surface area (Å²) in [5, 5.41) is 11.1. The zero-order valence-electron chi connectivity index (χ0n) is 16.8. The number of aliphatic hydroxyl groups excluding tert-OH is 1. The Balaban J connectivity index is 1.68. The van der Waals surface area contributed by atoms with E-state index in [1.54, 1.807) is 0 Å². The zero-order valence-corrected chi connectivity index (χ0v) is 17.6. The molecule has 5 rings (SSSR count). The fourth-order valence-corrected chi connectivity index (χ4v) is 3.86. The van der Waals surface area contributed by atoms with Crippen LogP contribution in [0.5, 0.6) is 0 Å². The van der Waals surface area contributed by atoms with Gasteiger partial charge in [-0.2, -0.15) is 0 Å². The summed E-state index contributed by atoms with van der Waals surface area (Å²) in [5.74, 6) is 1.44. The molecule has 0 bridgehead atoms. The topological polar surface area (TPSA) is 71.4 Å². The summed E-state index contributed by atoms with van der Waals surface area (Å²) in [5.41, 5.74) is 4.10. The molecular weight excluding hydrogens is 412 g/mol. The lowest BCUT2D eigenvalue weighted by molar-refractivity contribution is 0.122. The molecule has 31 heavy (non-hydrogen) atoms. The van der Waals surface area contributed by atoms with E-state index in [0.29, 0.717) is 29.7 Å². The Hall–Kier alpha value is -3.06. The third-order valence-corrected chi connectivity index (χ3v) is 5.61. The van der Waals surface area contributed by atoms with Crippen molar-refractivity contribution in [2.24, 2.45) is 0 Å². The van der Waals surface area contributed by atoms with Crippen molar-refractivity contribution in [2.45, 2.75) is 6.61 Å². The van der Waals surface area contributed by atoms with Crippen molar-refractivity contribution in [3.05, 3.63) is 71.2 Å². The van der Waals surface area contributed by atoms with Gasteiger partial charge in [0.2, 0.25) is 0 Å². The van der Waals surface area contributed by atoms with Gasteiger partial charge < -0.3 is 14.7 Å². The number of aliphatic hydroxyl groups is 1. The van der Waals surface area contributed by atoms with Crippen LogP contribution in [-0.2, 0) is 11.3 Å². The number of pyridine rings is 1. The predicted molar refractivity (Wildman–Crippen MR) is 122 cm³/mol. The Morgan fingerprint density at radius 2 is 1.71 bits per heavy atom. The number of morpholine rings is 1. The Morgan fingerprint density at radius 1 is 0.903 bits per heavy atom. The highest BCUT2D eigenvalue weighted by Gasteiger charge is 2.19. The molecule has 0 saturated carbocycles. The molecule has 4 aromatic rings. The van der Waals surface area contributed by atoms with Crippen LogP contribution < -0.4 is 4.90 Å². The third-order valence-electron chi connectivity index (χ3n) is 5.36. The molecule has 0 unspecified atom stereocenters. The molecule has 156 valence electrons. The van der Waals surface area contributed by atoms with Crippen molar-refractivity contribution in [3.63, 3.8) is 0 Å². The zero-order chi connectivity index (χ0) is 21.2. The maximum atomic E-state index is 9.54. The van der Waals surface area contributed by atoms with Crippen LogP contribution in [0.1, 0.15) is 5.56 Å². The van der Waals surface area contributed by atoms with Crippen LogP contribution in [0.4, 0.5) is 5.82 Å². The van der Waals surface area contributed by atoms with Crippen molar-refractivity contribution in [1.29, 1.82) is 0 Å². The standard InChI is InChI=1S/C24H21ClN4O2/c25-19-6-4-17(5-7-19)21-9-8-20-23(26-21)27-22(18-3-1-2-16(14-18)15-30)28-24(20)29-10-12-31-13-11-29/h1-9,14,30H,10-13,15H2. The summed E-state index contributed by atoms with van der Waals surface area (Å²) >= 11 is 6.04. The molecular formula is C24H21ClN4O2. The number of benzene rings is 2.